The Morgan fingerprint density at radius 1 is 1.69 bits per heavy atom. The highest BCUT2D eigenvalue weighted by Gasteiger charge is 2.20. The van der Waals surface area contributed by atoms with Crippen molar-refractivity contribution in [2.45, 2.75) is 37.8 Å². The standard InChI is InChI=1S/C12H21N3O/c1-3-6-11(13)12(16)14-9-10-7-4-5-8-15(10)2/h1,10-11H,4-9,13H2,2H3,(H,14,16). The number of hydrogen-bond acceptors (Lipinski definition) is 3. The first-order chi connectivity index (χ1) is 7.65. The van der Waals surface area contributed by atoms with Gasteiger partial charge in [0.1, 0.15) is 0 Å². The third-order valence-corrected chi connectivity index (χ3v) is 3.11. The minimum absolute atomic E-state index is 0.142. The summed E-state index contributed by atoms with van der Waals surface area (Å²) in [6.07, 6.45) is 9.03. The summed E-state index contributed by atoms with van der Waals surface area (Å²) in [5.74, 6) is 2.26. The maximum Gasteiger partial charge on any atom is 0.237 e. The van der Waals surface area contributed by atoms with Crippen LogP contribution in [-0.2, 0) is 4.79 Å². The number of amides is 1. The lowest BCUT2D eigenvalue weighted by molar-refractivity contribution is -0.122. The van der Waals surface area contributed by atoms with Gasteiger partial charge < -0.3 is 16.0 Å². The lowest BCUT2D eigenvalue weighted by Crippen LogP contribution is -2.48. The van der Waals surface area contributed by atoms with Gasteiger partial charge in [-0.3, -0.25) is 4.79 Å². The van der Waals surface area contributed by atoms with Gasteiger partial charge in [0.25, 0.3) is 0 Å². The van der Waals surface area contributed by atoms with Gasteiger partial charge in [-0.2, -0.15) is 0 Å². The first-order valence-corrected chi connectivity index (χ1v) is 5.82. The number of carbonyl (C=O) groups excluding carboxylic acids is 1. The second-order valence-electron chi connectivity index (χ2n) is 4.39. The van der Waals surface area contributed by atoms with Crippen molar-refractivity contribution in [3.63, 3.8) is 0 Å². The number of nitrogens with two attached hydrogens (primary N) is 1. The fourth-order valence-corrected chi connectivity index (χ4v) is 1.97. The summed E-state index contributed by atoms with van der Waals surface area (Å²) < 4.78 is 0. The van der Waals surface area contributed by atoms with Crippen LogP contribution in [0, 0.1) is 12.3 Å². The highest BCUT2D eigenvalue weighted by Crippen LogP contribution is 2.13. The molecular formula is C12H21N3O. The molecule has 16 heavy (non-hydrogen) atoms. The molecular weight excluding hydrogens is 202 g/mol. The Morgan fingerprint density at radius 3 is 3.06 bits per heavy atom. The Balaban J connectivity index is 2.28. The molecule has 1 fully saturated rings. The zero-order valence-corrected chi connectivity index (χ0v) is 9.91. The van der Waals surface area contributed by atoms with E-state index in [9.17, 15) is 4.79 Å². The number of nitrogens with one attached hydrogen (secondary N) is 1. The molecule has 1 heterocycles. The molecule has 0 aromatic rings. The molecule has 90 valence electrons. The number of piperidine rings is 1. The van der Waals surface area contributed by atoms with E-state index in [1.165, 1.54) is 12.8 Å². The molecule has 2 atom stereocenters. The van der Waals surface area contributed by atoms with Crippen molar-refractivity contribution < 1.29 is 4.79 Å². The predicted molar refractivity (Wildman–Crippen MR) is 64.7 cm³/mol. The number of rotatable bonds is 4. The SMILES string of the molecule is C#CCC(N)C(=O)NCC1CCCCN1C. The molecule has 1 aliphatic rings. The fourth-order valence-electron chi connectivity index (χ4n) is 1.97. The molecule has 3 N–H and O–H groups in total. The lowest BCUT2D eigenvalue weighted by Gasteiger charge is -2.32. The van der Waals surface area contributed by atoms with Crippen LogP contribution in [0.25, 0.3) is 0 Å². The Kier molecular flexibility index (Phi) is 5.30. The first-order valence-electron chi connectivity index (χ1n) is 5.82. The molecule has 4 heteroatoms. The molecule has 0 saturated carbocycles. The number of nitrogens with zero attached hydrogens (tertiary/aromatic N) is 1. The van der Waals surface area contributed by atoms with Crippen LogP contribution in [0.2, 0.25) is 0 Å². The van der Waals surface area contributed by atoms with Gasteiger partial charge >= 0.3 is 0 Å². The van der Waals surface area contributed by atoms with Crippen molar-refractivity contribution in [2.75, 3.05) is 20.1 Å². The number of terminal acetylenes is 1. The van der Waals surface area contributed by atoms with Crippen molar-refractivity contribution in [3.8, 4) is 12.3 Å². The Hall–Kier alpha value is -1.05. The van der Waals surface area contributed by atoms with Crippen LogP contribution in [0.15, 0.2) is 0 Å². The van der Waals surface area contributed by atoms with Crippen molar-refractivity contribution >= 4 is 5.91 Å². The lowest BCUT2D eigenvalue weighted by atomic mass is 10.0. The average molecular weight is 223 g/mol. The van der Waals surface area contributed by atoms with E-state index in [0.717, 1.165) is 13.0 Å². The van der Waals surface area contributed by atoms with Gasteiger partial charge in [-0.1, -0.05) is 6.42 Å². The fraction of sp³-hybridized carbons (Fsp3) is 0.750. The summed E-state index contributed by atoms with van der Waals surface area (Å²) in [5, 5.41) is 2.87. The van der Waals surface area contributed by atoms with E-state index in [4.69, 9.17) is 12.2 Å². The molecule has 0 spiro atoms. The molecule has 1 amide bonds. The molecule has 1 saturated heterocycles. The second-order valence-corrected chi connectivity index (χ2v) is 4.39. The minimum Gasteiger partial charge on any atom is -0.353 e. The highest BCUT2D eigenvalue weighted by molar-refractivity contribution is 5.81. The van der Waals surface area contributed by atoms with Crippen LogP contribution in [0.1, 0.15) is 25.7 Å². The quantitative estimate of drug-likeness (QED) is 0.656. The second kappa shape index (κ2) is 6.51. The van der Waals surface area contributed by atoms with Crippen LogP contribution in [-0.4, -0.2) is 43.0 Å². The Labute approximate surface area is 97.6 Å². The number of carbonyl (C=O) groups is 1. The maximum absolute atomic E-state index is 11.5. The van der Waals surface area contributed by atoms with Crippen molar-refractivity contribution in [1.82, 2.24) is 10.2 Å². The van der Waals surface area contributed by atoms with Gasteiger partial charge in [0.05, 0.1) is 6.04 Å². The summed E-state index contributed by atoms with van der Waals surface area (Å²) in [4.78, 5) is 13.8. The minimum atomic E-state index is -0.570. The van der Waals surface area contributed by atoms with Crippen LogP contribution >= 0.6 is 0 Å². The van der Waals surface area contributed by atoms with E-state index in [-0.39, 0.29) is 5.91 Å². The summed E-state index contributed by atoms with van der Waals surface area (Å²) in [5.41, 5.74) is 5.61. The van der Waals surface area contributed by atoms with Gasteiger partial charge in [0, 0.05) is 19.0 Å². The van der Waals surface area contributed by atoms with Crippen molar-refractivity contribution in [2.24, 2.45) is 5.73 Å². The molecule has 0 aromatic heterocycles. The average Bonchev–Trinajstić information content (AvgIpc) is 2.28. The monoisotopic (exact) mass is 223 g/mol. The zero-order chi connectivity index (χ0) is 12.0. The van der Waals surface area contributed by atoms with Crippen LogP contribution in [0.3, 0.4) is 0 Å². The molecule has 0 radical (unpaired) electrons. The van der Waals surface area contributed by atoms with Crippen molar-refractivity contribution in [1.29, 1.82) is 0 Å². The van der Waals surface area contributed by atoms with Crippen LogP contribution in [0.4, 0.5) is 0 Å². The highest BCUT2D eigenvalue weighted by atomic mass is 16.2. The van der Waals surface area contributed by atoms with Crippen LogP contribution < -0.4 is 11.1 Å². The van der Waals surface area contributed by atoms with Crippen molar-refractivity contribution in [3.05, 3.63) is 0 Å². The van der Waals surface area contributed by atoms with Gasteiger partial charge in [-0.15, -0.1) is 12.3 Å². The molecule has 1 aliphatic heterocycles. The molecule has 2 unspecified atom stereocenters. The topological polar surface area (TPSA) is 58.4 Å². The van der Waals surface area contributed by atoms with E-state index >= 15 is 0 Å². The smallest absolute Gasteiger partial charge is 0.237 e. The van der Waals surface area contributed by atoms with E-state index in [1.807, 2.05) is 0 Å². The number of likely N-dealkylation sites (tertiary alicyclic amines) is 1. The Bertz CT molecular complexity index is 272. The largest absolute Gasteiger partial charge is 0.353 e. The maximum atomic E-state index is 11.5. The summed E-state index contributed by atoms with van der Waals surface area (Å²) in [6, 6.07) is -0.130. The zero-order valence-electron chi connectivity index (χ0n) is 9.91. The van der Waals surface area contributed by atoms with Gasteiger partial charge in [-0.05, 0) is 26.4 Å². The molecule has 0 aromatic carbocycles. The van der Waals surface area contributed by atoms with E-state index < -0.39 is 6.04 Å². The van der Waals surface area contributed by atoms with Crippen LogP contribution in [0.5, 0.6) is 0 Å². The number of hydrogen-bond donors (Lipinski definition) is 2. The molecule has 0 aliphatic carbocycles. The van der Waals surface area contributed by atoms with E-state index in [2.05, 4.69) is 23.2 Å². The number of likely N-dealkylation sites (N-methyl/N-ethyl adjacent to an activating group) is 1. The Morgan fingerprint density at radius 2 is 2.44 bits per heavy atom. The van der Waals surface area contributed by atoms with Gasteiger partial charge in [0.2, 0.25) is 5.91 Å². The summed E-state index contributed by atoms with van der Waals surface area (Å²) >= 11 is 0. The van der Waals surface area contributed by atoms with E-state index in [1.54, 1.807) is 0 Å². The first kappa shape index (κ1) is 13.0. The molecule has 0 bridgehead atoms. The van der Waals surface area contributed by atoms with Gasteiger partial charge in [-0.25, -0.2) is 0 Å². The third kappa shape index (κ3) is 3.84. The molecule has 4 nitrogen and oxygen atoms in total. The van der Waals surface area contributed by atoms with E-state index in [0.29, 0.717) is 19.0 Å². The molecule has 1 rings (SSSR count). The third-order valence-electron chi connectivity index (χ3n) is 3.11. The predicted octanol–water partition coefficient (Wildman–Crippen LogP) is -0.0625. The summed E-state index contributed by atoms with van der Waals surface area (Å²) in [7, 11) is 2.09. The van der Waals surface area contributed by atoms with Gasteiger partial charge in [0.15, 0.2) is 0 Å². The normalized spacial score (nSPS) is 23.4. The summed E-state index contributed by atoms with van der Waals surface area (Å²) in [6.45, 7) is 1.78.